The highest BCUT2D eigenvalue weighted by Crippen LogP contribution is 2.08. The van der Waals surface area contributed by atoms with Gasteiger partial charge in [0.2, 0.25) is 0 Å². The Kier molecular flexibility index (Phi) is 7.20. The first kappa shape index (κ1) is 14.1. The molecule has 16 heavy (non-hydrogen) atoms. The van der Waals surface area contributed by atoms with Crippen molar-refractivity contribution in [2.45, 2.75) is 12.8 Å². The van der Waals surface area contributed by atoms with Crippen molar-refractivity contribution in [1.29, 1.82) is 0 Å². The van der Waals surface area contributed by atoms with Crippen LogP contribution < -0.4 is 8.43 Å². The second kappa shape index (κ2) is 8.17. The monoisotopic (exact) mass is 251 g/mol. The van der Waals surface area contributed by atoms with Crippen molar-refractivity contribution < 1.29 is 4.74 Å². The third-order valence-corrected chi connectivity index (χ3v) is 4.00. The summed E-state index contributed by atoms with van der Waals surface area (Å²) >= 11 is -0.588. The Labute approximate surface area is 111 Å². The van der Waals surface area contributed by atoms with Gasteiger partial charge in [-0.25, -0.2) is 0 Å². The maximum absolute atomic E-state index is 5.90. The van der Waals surface area contributed by atoms with Gasteiger partial charge in [0.1, 0.15) is 5.75 Å². The predicted molar refractivity (Wildman–Crippen MR) is 71.0 cm³/mol. The minimum atomic E-state index is -0.588. The SMILES string of the molecule is CN(C)CCCCOc1ccc[c]([Mg][Cl])c1. The van der Waals surface area contributed by atoms with Crippen LogP contribution in [0.1, 0.15) is 12.8 Å². The molecule has 0 spiro atoms. The summed E-state index contributed by atoms with van der Waals surface area (Å²) in [6.45, 7) is 1.92. The van der Waals surface area contributed by atoms with Crippen molar-refractivity contribution in [2.75, 3.05) is 27.2 Å². The molecule has 2 nitrogen and oxygen atoms in total. The van der Waals surface area contributed by atoms with Crippen LogP contribution in [-0.2, 0) is 0 Å². The molecule has 0 aliphatic rings. The molecule has 0 aromatic heterocycles. The van der Waals surface area contributed by atoms with Crippen molar-refractivity contribution in [3.8, 4) is 5.75 Å². The van der Waals surface area contributed by atoms with Gasteiger partial charge in [-0.2, -0.15) is 0 Å². The number of nitrogens with zero attached hydrogens (tertiary/aromatic N) is 1. The Morgan fingerprint density at radius 2 is 2.12 bits per heavy atom. The van der Waals surface area contributed by atoms with E-state index in [2.05, 4.69) is 31.1 Å². The summed E-state index contributed by atoms with van der Waals surface area (Å²) in [7, 11) is 10.1. The van der Waals surface area contributed by atoms with Crippen LogP contribution in [0.5, 0.6) is 5.75 Å². The first-order valence-electron chi connectivity index (χ1n) is 5.65. The van der Waals surface area contributed by atoms with E-state index >= 15 is 0 Å². The molecule has 0 saturated carbocycles. The van der Waals surface area contributed by atoms with Crippen LogP contribution in [0.15, 0.2) is 24.3 Å². The Hall–Kier alpha value is 0.0362. The van der Waals surface area contributed by atoms with Gasteiger partial charge in [-0.1, -0.05) is 12.1 Å². The van der Waals surface area contributed by atoms with Gasteiger partial charge in [0.05, 0.1) is 6.61 Å². The van der Waals surface area contributed by atoms with Crippen LogP contribution in [0, 0.1) is 0 Å². The molecule has 0 saturated heterocycles. The molecular weight excluding hydrogens is 234 g/mol. The maximum atomic E-state index is 5.90. The summed E-state index contributed by atoms with van der Waals surface area (Å²) in [6, 6.07) is 8.14. The zero-order valence-corrected chi connectivity index (χ0v) is 12.2. The molecule has 1 aromatic rings. The van der Waals surface area contributed by atoms with Crippen LogP contribution in [0.3, 0.4) is 0 Å². The second-order valence-corrected chi connectivity index (χ2v) is 6.03. The summed E-state index contributed by atoms with van der Waals surface area (Å²) in [5.41, 5.74) is 0. The van der Waals surface area contributed by atoms with E-state index in [1.807, 2.05) is 12.1 Å². The largest absolute Gasteiger partial charge is 0.538 e. The Bertz CT molecular complexity index is 307. The Morgan fingerprint density at radius 3 is 2.81 bits per heavy atom. The number of hydrogen-bond acceptors (Lipinski definition) is 2. The van der Waals surface area contributed by atoms with E-state index in [0.717, 1.165) is 25.3 Å². The lowest BCUT2D eigenvalue weighted by Crippen LogP contribution is -2.14. The quantitative estimate of drug-likeness (QED) is 0.542. The van der Waals surface area contributed by atoms with E-state index in [4.69, 9.17) is 13.8 Å². The molecule has 4 heteroatoms. The topological polar surface area (TPSA) is 12.5 Å². The van der Waals surface area contributed by atoms with Gasteiger partial charge in [-0.3, -0.25) is 0 Å². The smallest absolute Gasteiger partial charge is 0.494 e. The van der Waals surface area contributed by atoms with Crippen LogP contribution >= 0.6 is 9.07 Å². The zero-order valence-electron chi connectivity index (χ0n) is 10.1. The van der Waals surface area contributed by atoms with Crippen LogP contribution in [-0.4, -0.2) is 51.4 Å². The molecule has 0 aliphatic carbocycles. The molecule has 0 atom stereocenters. The number of halogens is 1. The van der Waals surface area contributed by atoms with Gasteiger partial charge in [-0.15, -0.1) is 3.69 Å². The van der Waals surface area contributed by atoms with Gasteiger partial charge in [0, 0.05) is 0 Å². The van der Waals surface area contributed by atoms with Crippen LogP contribution in [0.4, 0.5) is 0 Å². The number of hydrogen-bond donors (Lipinski definition) is 0. The van der Waals surface area contributed by atoms with E-state index in [0.29, 0.717) is 0 Å². The fourth-order valence-electron chi connectivity index (χ4n) is 1.44. The van der Waals surface area contributed by atoms with Crippen molar-refractivity contribution in [1.82, 2.24) is 4.90 Å². The van der Waals surface area contributed by atoms with Crippen molar-refractivity contribution >= 4 is 32.0 Å². The lowest BCUT2D eigenvalue weighted by molar-refractivity contribution is 0.293. The first-order chi connectivity index (χ1) is 7.72. The van der Waals surface area contributed by atoms with E-state index in [1.165, 1.54) is 10.1 Å². The summed E-state index contributed by atoms with van der Waals surface area (Å²) in [5, 5.41) is 0. The van der Waals surface area contributed by atoms with E-state index in [-0.39, 0.29) is 0 Å². The highest BCUT2D eigenvalue weighted by molar-refractivity contribution is 7.01. The molecule has 0 N–H and O–H groups in total. The molecule has 86 valence electrons. The molecular formula is C12H18ClMgNO. The number of ether oxygens (including phenoxy) is 1. The minimum Gasteiger partial charge on any atom is -0.494 e. The fraction of sp³-hybridized carbons (Fsp3) is 0.500. The molecule has 0 radical (unpaired) electrons. The van der Waals surface area contributed by atoms with Gasteiger partial charge in [0.25, 0.3) is 0 Å². The Morgan fingerprint density at radius 1 is 1.31 bits per heavy atom. The lowest BCUT2D eigenvalue weighted by Gasteiger charge is -2.10. The van der Waals surface area contributed by atoms with Gasteiger partial charge in [-0.05, 0) is 45.6 Å². The molecule has 0 amide bonds. The Balaban J connectivity index is 2.21. The fourth-order valence-corrected chi connectivity index (χ4v) is 2.44. The van der Waals surface area contributed by atoms with Gasteiger partial charge in [0.15, 0.2) is 0 Å². The lowest BCUT2D eigenvalue weighted by atomic mass is 10.3. The average Bonchev–Trinajstić information content (AvgIpc) is 2.28. The normalized spacial score (nSPS) is 10.2. The number of rotatable bonds is 7. The van der Waals surface area contributed by atoms with E-state index < -0.39 is 19.3 Å². The minimum absolute atomic E-state index is 0.588. The molecule has 1 aromatic carbocycles. The van der Waals surface area contributed by atoms with Crippen molar-refractivity contribution in [2.24, 2.45) is 0 Å². The van der Waals surface area contributed by atoms with Crippen molar-refractivity contribution in [3.05, 3.63) is 24.3 Å². The molecule has 0 unspecified atom stereocenters. The molecule has 1 rings (SSSR count). The maximum Gasteiger partial charge on any atom is 0.538 e. The molecule has 0 aliphatic heterocycles. The first-order valence-corrected chi connectivity index (χ1v) is 8.49. The van der Waals surface area contributed by atoms with Crippen LogP contribution in [0.25, 0.3) is 0 Å². The summed E-state index contributed by atoms with van der Waals surface area (Å²) in [5.74, 6) is 0.954. The standard InChI is InChI=1S/C12H18NO.ClH.Mg/c1-13(2)10-6-7-11-14-12-8-4-3-5-9-12;;/h3-4,8-9H,6-7,10-11H2,1-2H3;1H;/q;;+1/p-1. The van der Waals surface area contributed by atoms with E-state index in [9.17, 15) is 0 Å². The third-order valence-electron chi connectivity index (χ3n) is 2.32. The summed E-state index contributed by atoms with van der Waals surface area (Å²) in [4.78, 5) is 2.19. The van der Waals surface area contributed by atoms with Crippen LogP contribution in [0.2, 0.25) is 0 Å². The molecule has 0 bridgehead atoms. The highest BCUT2D eigenvalue weighted by atomic mass is 35.5. The molecule has 0 heterocycles. The third kappa shape index (κ3) is 5.94. The van der Waals surface area contributed by atoms with Gasteiger partial charge < -0.3 is 18.7 Å². The average molecular weight is 252 g/mol. The highest BCUT2D eigenvalue weighted by Gasteiger charge is 1.98. The van der Waals surface area contributed by atoms with E-state index in [1.54, 1.807) is 0 Å². The predicted octanol–water partition coefficient (Wildman–Crippen LogP) is 1.89. The zero-order chi connectivity index (χ0) is 11.8. The summed E-state index contributed by atoms with van der Waals surface area (Å²) in [6.07, 6.45) is 2.28. The molecule has 0 fully saturated rings. The van der Waals surface area contributed by atoms with Crippen molar-refractivity contribution in [3.63, 3.8) is 0 Å². The second-order valence-electron chi connectivity index (χ2n) is 4.14. The summed E-state index contributed by atoms with van der Waals surface area (Å²) < 4.78 is 6.92. The van der Waals surface area contributed by atoms with Gasteiger partial charge >= 0.3 is 19.3 Å². The number of benzene rings is 1. The number of unbranched alkanes of at least 4 members (excludes halogenated alkanes) is 1.